The largest absolute Gasteiger partial charge is 0.242 e. The third-order valence-electron chi connectivity index (χ3n) is 2.27. The molecule has 0 saturated heterocycles. The van der Waals surface area contributed by atoms with Crippen LogP contribution >= 0.6 is 0 Å². The summed E-state index contributed by atoms with van der Waals surface area (Å²) in [4.78, 5) is 0. The Hall–Kier alpha value is -0.810. The molecule has 2 nitrogen and oxygen atoms in total. The van der Waals surface area contributed by atoms with E-state index in [9.17, 15) is 13.0 Å². The van der Waals surface area contributed by atoms with Crippen LogP contribution < -0.4 is 4.72 Å². The second kappa shape index (κ2) is 5.23. The predicted octanol–water partition coefficient (Wildman–Crippen LogP) is 3.08. The quantitative estimate of drug-likeness (QED) is 0.890. The number of hydrogen-bond acceptors (Lipinski definition) is 1. The van der Waals surface area contributed by atoms with Gasteiger partial charge in [-0.15, -0.1) is 0 Å². The Morgan fingerprint density at radius 3 is 2.35 bits per heavy atom. The van der Waals surface area contributed by atoms with Crippen molar-refractivity contribution in [1.29, 1.82) is 0 Å². The number of benzene rings is 1. The summed E-state index contributed by atoms with van der Waals surface area (Å²) in [5, 5.41) is 0. The highest BCUT2D eigenvalue weighted by Crippen LogP contribution is 2.20. The smallest absolute Gasteiger partial charge is 0.130 e. The maximum Gasteiger partial charge on any atom is 0.130 e. The zero-order valence-corrected chi connectivity index (χ0v) is 11.2. The minimum Gasteiger partial charge on any atom is -0.242 e. The summed E-state index contributed by atoms with van der Waals surface area (Å²) >= 11 is 0. The average Bonchev–Trinajstić information content (AvgIpc) is 2.15. The number of nitrogens with one attached hydrogen (secondary N) is 1. The first-order valence-corrected chi connectivity index (χ1v) is 6.50. The second-order valence-electron chi connectivity index (χ2n) is 4.89. The average molecular weight is 261 g/mol. The van der Waals surface area contributed by atoms with E-state index in [0.29, 0.717) is 5.56 Å². The number of hydrogen-bond donors (Lipinski definition) is 1. The van der Waals surface area contributed by atoms with Crippen LogP contribution in [0.4, 0.5) is 8.78 Å². The van der Waals surface area contributed by atoms with E-state index in [0.717, 1.165) is 6.07 Å². The zero-order chi connectivity index (χ0) is 13.2. The van der Waals surface area contributed by atoms with E-state index in [1.165, 1.54) is 12.1 Å². The molecule has 1 unspecified atom stereocenters. The van der Waals surface area contributed by atoms with Crippen molar-refractivity contribution >= 4 is 11.0 Å². The lowest BCUT2D eigenvalue weighted by Gasteiger charge is -2.22. The van der Waals surface area contributed by atoms with Crippen LogP contribution in [-0.2, 0) is 11.0 Å². The van der Waals surface area contributed by atoms with Crippen molar-refractivity contribution in [2.24, 2.45) is 0 Å². The van der Waals surface area contributed by atoms with Crippen LogP contribution in [-0.4, -0.2) is 8.96 Å². The highest BCUT2D eigenvalue weighted by molar-refractivity contribution is 7.84. The van der Waals surface area contributed by atoms with Gasteiger partial charge in [0.1, 0.15) is 11.6 Å². The van der Waals surface area contributed by atoms with Crippen molar-refractivity contribution in [3.8, 4) is 0 Å². The Morgan fingerprint density at radius 1 is 1.29 bits per heavy atom. The van der Waals surface area contributed by atoms with Gasteiger partial charge in [-0.05, 0) is 33.8 Å². The first-order chi connectivity index (χ1) is 7.71. The Labute approximate surface area is 103 Å². The molecule has 0 radical (unpaired) electrons. The number of rotatable bonds is 3. The van der Waals surface area contributed by atoms with Crippen LogP contribution in [0, 0.1) is 11.6 Å². The third-order valence-corrected chi connectivity index (χ3v) is 3.95. The molecule has 0 spiro atoms. The van der Waals surface area contributed by atoms with Gasteiger partial charge in [-0.2, -0.15) is 0 Å². The van der Waals surface area contributed by atoms with Gasteiger partial charge in [-0.3, -0.25) is 0 Å². The van der Waals surface area contributed by atoms with Crippen LogP contribution in [0.25, 0.3) is 0 Å². The van der Waals surface area contributed by atoms with Gasteiger partial charge in [-0.25, -0.2) is 17.7 Å². The summed E-state index contributed by atoms with van der Waals surface area (Å²) in [7, 11) is -1.29. The monoisotopic (exact) mass is 261 g/mol. The fourth-order valence-electron chi connectivity index (χ4n) is 1.25. The maximum atomic E-state index is 13.5. The first-order valence-electron chi connectivity index (χ1n) is 5.35. The lowest BCUT2D eigenvalue weighted by Crippen LogP contribution is -2.35. The summed E-state index contributed by atoms with van der Waals surface area (Å²) in [5.74, 6) is -1.24. The molecule has 0 aliphatic heterocycles. The van der Waals surface area contributed by atoms with Gasteiger partial charge in [0, 0.05) is 17.7 Å². The van der Waals surface area contributed by atoms with E-state index in [1.54, 1.807) is 6.92 Å². The van der Waals surface area contributed by atoms with E-state index in [-0.39, 0.29) is 0 Å². The van der Waals surface area contributed by atoms with Crippen molar-refractivity contribution in [3.63, 3.8) is 0 Å². The molecular formula is C12H17F2NOS. The molecule has 0 aliphatic carbocycles. The van der Waals surface area contributed by atoms with Gasteiger partial charge in [0.05, 0.1) is 15.7 Å². The normalized spacial score (nSPS) is 15.6. The third kappa shape index (κ3) is 3.85. The van der Waals surface area contributed by atoms with Crippen molar-refractivity contribution in [1.82, 2.24) is 4.72 Å². The van der Waals surface area contributed by atoms with Crippen molar-refractivity contribution in [2.45, 2.75) is 38.5 Å². The highest BCUT2D eigenvalue weighted by Gasteiger charge is 2.22. The molecule has 96 valence electrons. The molecule has 0 fully saturated rings. The summed E-state index contributed by atoms with van der Waals surface area (Å²) < 4.78 is 40.4. The van der Waals surface area contributed by atoms with Crippen LogP contribution in [0.15, 0.2) is 18.2 Å². The predicted molar refractivity (Wildman–Crippen MR) is 65.8 cm³/mol. The molecule has 0 heterocycles. The fourth-order valence-corrected chi connectivity index (χ4v) is 2.06. The molecular weight excluding hydrogens is 244 g/mol. The maximum absolute atomic E-state index is 13.5. The molecule has 0 bridgehead atoms. The lowest BCUT2D eigenvalue weighted by molar-refractivity contribution is 0.551. The molecule has 1 aromatic carbocycles. The summed E-state index contributed by atoms with van der Waals surface area (Å²) in [6.07, 6.45) is 0. The van der Waals surface area contributed by atoms with Gasteiger partial charge in [0.2, 0.25) is 0 Å². The summed E-state index contributed by atoms with van der Waals surface area (Å²) in [6, 6.07) is 2.95. The zero-order valence-electron chi connectivity index (χ0n) is 10.4. The van der Waals surface area contributed by atoms with E-state index in [1.807, 2.05) is 20.8 Å². The second-order valence-corrected chi connectivity index (χ2v) is 6.88. The first kappa shape index (κ1) is 14.3. The van der Waals surface area contributed by atoms with Gasteiger partial charge < -0.3 is 0 Å². The fraction of sp³-hybridized carbons (Fsp3) is 0.500. The van der Waals surface area contributed by atoms with Crippen LogP contribution in [0.5, 0.6) is 0 Å². The van der Waals surface area contributed by atoms with Crippen LogP contribution in [0.1, 0.15) is 39.3 Å². The SMILES string of the molecule is C[C@@H](NS(=O)C(C)(C)C)c1ccc(F)cc1F. The van der Waals surface area contributed by atoms with Gasteiger partial charge in [0.25, 0.3) is 0 Å². The molecule has 1 rings (SSSR count). The summed E-state index contributed by atoms with van der Waals surface area (Å²) in [6.45, 7) is 7.16. The highest BCUT2D eigenvalue weighted by atomic mass is 32.2. The Kier molecular flexibility index (Phi) is 4.38. The van der Waals surface area contributed by atoms with Crippen molar-refractivity contribution in [3.05, 3.63) is 35.4 Å². The Balaban J connectivity index is 2.84. The molecule has 0 aliphatic rings. The molecule has 1 N–H and O–H groups in total. The standard InChI is InChI=1S/C12H17F2NOS/c1-8(15-17(16)12(2,3)4)10-6-5-9(13)7-11(10)14/h5-8,15H,1-4H3/t8-,17?/m1/s1. The molecule has 0 amide bonds. The molecule has 0 saturated carbocycles. The Bertz CT molecular complexity index is 429. The molecule has 0 aromatic heterocycles. The van der Waals surface area contributed by atoms with Gasteiger partial charge in [0.15, 0.2) is 0 Å². The van der Waals surface area contributed by atoms with Crippen molar-refractivity contribution in [2.75, 3.05) is 0 Å². The van der Waals surface area contributed by atoms with Crippen LogP contribution in [0.3, 0.4) is 0 Å². The molecule has 2 atom stereocenters. The van der Waals surface area contributed by atoms with E-state index < -0.39 is 33.4 Å². The molecule has 1 aromatic rings. The topological polar surface area (TPSA) is 29.1 Å². The lowest BCUT2D eigenvalue weighted by atomic mass is 10.1. The summed E-state index contributed by atoms with van der Waals surface area (Å²) in [5.41, 5.74) is 0.309. The van der Waals surface area contributed by atoms with Gasteiger partial charge >= 0.3 is 0 Å². The van der Waals surface area contributed by atoms with Gasteiger partial charge in [-0.1, -0.05) is 6.07 Å². The van der Waals surface area contributed by atoms with E-state index >= 15 is 0 Å². The minimum absolute atomic E-state index is 0.309. The molecule has 5 heteroatoms. The van der Waals surface area contributed by atoms with E-state index in [2.05, 4.69) is 4.72 Å². The van der Waals surface area contributed by atoms with Crippen molar-refractivity contribution < 1.29 is 13.0 Å². The van der Waals surface area contributed by atoms with Crippen LogP contribution in [0.2, 0.25) is 0 Å². The Morgan fingerprint density at radius 2 is 1.88 bits per heavy atom. The van der Waals surface area contributed by atoms with E-state index in [4.69, 9.17) is 0 Å². The molecule has 17 heavy (non-hydrogen) atoms. The number of halogens is 2. The minimum atomic E-state index is -1.29.